The van der Waals surface area contributed by atoms with Crippen LogP contribution in [0.15, 0.2) is 24.5 Å². The molecule has 0 aliphatic heterocycles. The maximum Gasteiger partial charge on any atom is 0.333 e. The quantitative estimate of drug-likeness (QED) is 0.646. The maximum atomic E-state index is 11.1. The van der Waals surface area contributed by atoms with Gasteiger partial charge in [-0.3, -0.25) is 14.8 Å². The number of nitro benzene ring substituents is 1. The molecule has 0 bridgehead atoms. The Morgan fingerprint density at radius 3 is 2.89 bits per heavy atom. The molecule has 0 aliphatic rings. The molecule has 0 radical (unpaired) electrons. The number of ether oxygens (including phenoxy) is 1. The van der Waals surface area contributed by atoms with E-state index < -0.39 is 4.92 Å². The number of nitrogens with one attached hydrogen (secondary N) is 1. The molecule has 0 aliphatic carbocycles. The zero-order chi connectivity index (χ0) is 13.8. The Morgan fingerprint density at radius 2 is 2.32 bits per heavy atom. The molecule has 1 heterocycles. The van der Waals surface area contributed by atoms with Crippen LogP contribution in [0.4, 0.5) is 11.4 Å². The van der Waals surface area contributed by atoms with E-state index in [4.69, 9.17) is 4.74 Å². The predicted octanol–water partition coefficient (Wildman–Crippen LogP) is 1.34. The second-order valence-electron chi connectivity index (χ2n) is 3.80. The summed E-state index contributed by atoms with van der Waals surface area (Å²) in [5.74, 6) is 0.767. The molecule has 19 heavy (non-hydrogen) atoms. The van der Waals surface area contributed by atoms with Crippen LogP contribution in [-0.4, -0.2) is 26.8 Å². The Bertz CT molecular complexity index is 596. The number of anilines is 1. The van der Waals surface area contributed by atoms with Crippen LogP contribution in [0.25, 0.3) is 0 Å². The van der Waals surface area contributed by atoms with E-state index in [2.05, 4.69) is 15.4 Å². The first kappa shape index (κ1) is 12.8. The van der Waals surface area contributed by atoms with Crippen molar-refractivity contribution >= 4 is 11.4 Å². The summed E-state index contributed by atoms with van der Waals surface area (Å²) >= 11 is 0. The van der Waals surface area contributed by atoms with Crippen molar-refractivity contribution in [2.45, 2.75) is 6.54 Å². The lowest BCUT2D eigenvalue weighted by molar-refractivity contribution is -0.384. The molecule has 0 spiro atoms. The largest absolute Gasteiger partial charge is 0.490 e. The van der Waals surface area contributed by atoms with Crippen LogP contribution >= 0.6 is 0 Å². The van der Waals surface area contributed by atoms with Crippen molar-refractivity contribution in [1.82, 2.24) is 14.8 Å². The van der Waals surface area contributed by atoms with Gasteiger partial charge in [-0.25, -0.2) is 4.98 Å². The summed E-state index contributed by atoms with van der Waals surface area (Å²) in [4.78, 5) is 14.6. The van der Waals surface area contributed by atoms with Gasteiger partial charge in [0.05, 0.1) is 18.6 Å². The van der Waals surface area contributed by atoms with Gasteiger partial charge in [0.25, 0.3) is 0 Å². The van der Waals surface area contributed by atoms with Crippen LogP contribution < -0.4 is 10.1 Å². The number of para-hydroxylation sites is 1. The number of rotatable bonds is 5. The summed E-state index contributed by atoms with van der Waals surface area (Å²) < 4.78 is 6.55. The number of hydrogen-bond acceptors (Lipinski definition) is 6. The summed E-state index contributed by atoms with van der Waals surface area (Å²) in [6.45, 7) is 0.300. The minimum absolute atomic E-state index is 0.0964. The minimum Gasteiger partial charge on any atom is -0.490 e. The Labute approximate surface area is 109 Å². The fourth-order valence-corrected chi connectivity index (χ4v) is 1.66. The zero-order valence-corrected chi connectivity index (χ0v) is 10.5. The van der Waals surface area contributed by atoms with Crippen molar-refractivity contribution in [2.75, 3.05) is 12.4 Å². The lowest BCUT2D eigenvalue weighted by atomic mass is 10.2. The molecule has 0 atom stereocenters. The number of nitro groups is 1. The van der Waals surface area contributed by atoms with E-state index in [9.17, 15) is 10.1 Å². The molecule has 0 unspecified atom stereocenters. The van der Waals surface area contributed by atoms with Crippen molar-refractivity contribution in [3.05, 3.63) is 40.5 Å². The Hall–Kier alpha value is -2.64. The molecule has 0 saturated heterocycles. The van der Waals surface area contributed by atoms with E-state index in [0.29, 0.717) is 18.1 Å². The van der Waals surface area contributed by atoms with Gasteiger partial charge in [0.1, 0.15) is 12.0 Å². The molecule has 8 nitrogen and oxygen atoms in total. The fraction of sp³-hybridized carbons (Fsp3) is 0.273. The molecule has 0 amide bonds. The fourth-order valence-electron chi connectivity index (χ4n) is 1.66. The highest BCUT2D eigenvalue weighted by molar-refractivity contribution is 5.68. The maximum absolute atomic E-state index is 11.1. The van der Waals surface area contributed by atoms with Gasteiger partial charge in [-0.05, 0) is 12.1 Å². The van der Waals surface area contributed by atoms with Gasteiger partial charge < -0.3 is 10.1 Å². The average molecular weight is 263 g/mol. The summed E-state index contributed by atoms with van der Waals surface area (Å²) in [5.41, 5.74) is 0.276. The lowest BCUT2D eigenvalue weighted by Crippen LogP contribution is -2.05. The van der Waals surface area contributed by atoms with Crippen molar-refractivity contribution < 1.29 is 9.66 Å². The molecule has 100 valence electrons. The van der Waals surface area contributed by atoms with Gasteiger partial charge in [0.2, 0.25) is 0 Å². The zero-order valence-electron chi connectivity index (χ0n) is 10.5. The molecule has 0 fully saturated rings. The number of aromatic nitrogens is 3. The molecule has 1 N–H and O–H groups in total. The van der Waals surface area contributed by atoms with Crippen molar-refractivity contribution in [2.24, 2.45) is 7.05 Å². The van der Waals surface area contributed by atoms with E-state index in [1.807, 2.05) is 0 Å². The van der Waals surface area contributed by atoms with Crippen molar-refractivity contribution in [1.29, 1.82) is 0 Å². The first-order chi connectivity index (χ1) is 9.11. The first-order valence-corrected chi connectivity index (χ1v) is 5.51. The molecule has 1 aromatic carbocycles. The minimum atomic E-state index is -0.479. The molecule has 0 saturated carbocycles. The number of hydrogen-bond donors (Lipinski definition) is 1. The summed E-state index contributed by atoms with van der Waals surface area (Å²) in [6.07, 6.45) is 1.57. The summed E-state index contributed by atoms with van der Waals surface area (Å²) in [7, 11) is 3.15. The normalized spacial score (nSPS) is 10.2. The van der Waals surface area contributed by atoms with Crippen molar-refractivity contribution in [3.63, 3.8) is 0 Å². The van der Waals surface area contributed by atoms with Crippen LogP contribution in [0.2, 0.25) is 0 Å². The molecule has 8 heteroatoms. The van der Waals surface area contributed by atoms with E-state index in [-0.39, 0.29) is 11.4 Å². The third-order valence-electron chi connectivity index (χ3n) is 2.49. The predicted molar refractivity (Wildman–Crippen MR) is 68.0 cm³/mol. The van der Waals surface area contributed by atoms with Crippen molar-refractivity contribution in [3.8, 4) is 5.75 Å². The second-order valence-corrected chi connectivity index (χ2v) is 3.80. The molecule has 2 rings (SSSR count). The average Bonchev–Trinajstić information content (AvgIpc) is 2.81. The Morgan fingerprint density at radius 1 is 1.53 bits per heavy atom. The molecular formula is C11H13N5O3. The Balaban J connectivity index is 2.22. The van der Waals surface area contributed by atoms with Crippen LogP contribution in [-0.2, 0) is 13.6 Å². The molecule has 2 aromatic rings. The smallest absolute Gasteiger partial charge is 0.333 e. The number of aryl methyl sites for hydroxylation is 1. The SMILES string of the molecule is COc1cccc(NCc2ncn(C)n2)c1[N+](=O)[O-]. The highest BCUT2D eigenvalue weighted by Crippen LogP contribution is 2.34. The van der Waals surface area contributed by atoms with Gasteiger partial charge in [-0.15, -0.1) is 0 Å². The Kier molecular flexibility index (Phi) is 3.60. The van der Waals surface area contributed by atoms with E-state index >= 15 is 0 Å². The van der Waals surface area contributed by atoms with Gasteiger partial charge in [-0.2, -0.15) is 5.10 Å². The standard InChI is InChI=1S/C11H13N5O3/c1-15-7-13-10(14-15)6-12-8-4-3-5-9(19-2)11(8)16(17)18/h3-5,7,12H,6H2,1-2H3. The monoisotopic (exact) mass is 263 g/mol. The second kappa shape index (κ2) is 5.34. The third-order valence-corrected chi connectivity index (χ3v) is 2.49. The van der Waals surface area contributed by atoms with Gasteiger partial charge in [0.15, 0.2) is 11.6 Å². The molecule has 1 aromatic heterocycles. The van der Waals surface area contributed by atoms with E-state index in [1.54, 1.807) is 36.3 Å². The van der Waals surface area contributed by atoms with Gasteiger partial charge in [0, 0.05) is 7.05 Å². The van der Waals surface area contributed by atoms with Crippen LogP contribution in [0.1, 0.15) is 5.82 Å². The van der Waals surface area contributed by atoms with Crippen LogP contribution in [0.5, 0.6) is 5.75 Å². The lowest BCUT2D eigenvalue weighted by Gasteiger charge is -2.07. The summed E-state index contributed by atoms with van der Waals surface area (Å²) in [5, 5.41) is 18.1. The van der Waals surface area contributed by atoms with Crippen LogP contribution in [0, 0.1) is 10.1 Å². The first-order valence-electron chi connectivity index (χ1n) is 5.51. The number of nitrogens with zero attached hydrogens (tertiary/aromatic N) is 4. The number of benzene rings is 1. The van der Waals surface area contributed by atoms with Gasteiger partial charge >= 0.3 is 5.69 Å². The van der Waals surface area contributed by atoms with Crippen LogP contribution in [0.3, 0.4) is 0 Å². The number of methoxy groups -OCH3 is 1. The van der Waals surface area contributed by atoms with E-state index in [0.717, 1.165) is 0 Å². The summed E-state index contributed by atoms with van der Waals surface area (Å²) in [6, 6.07) is 4.84. The molecular weight excluding hydrogens is 250 g/mol. The highest BCUT2D eigenvalue weighted by atomic mass is 16.6. The topological polar surface area (TPSA) is 95.1 Å². The van der Waals surface area contributed by atoms with Gasteiger partial charge in [-0.1, -0.05) is 6.07 Å². The van der Waals surface area contributed by atoms with E-state index in [1.165, 1.54) is 7.11 Å². The third kappa shape index (κ3) is 2.79. The highest BCUT2D eigenvalue weighted by Gasteiger charge is 2.20.